The Morgan fingerprint density at radius 3 is 1.60 bits per heavy atom. The van der Waals surface area contributed by atoms with Gasteiger partial charge < -0.3 is 4.90 Å². The van der Waals surface area contributed by atoms with E-state index in [2.05, 4.69) is 7.05 Å². The maximum absolute atomic E-state index is 3.47. The second kappa shape index (κ2) is 8.83. The van der Waals surface area contributed by atoms with Gasteiger partial charge in [0.15, 0.2) is 0 Å². The standard InChI is InChI=1S/C5H5.C3H8N.Mn/c1-2-4-5-3-1;1-4(2)3;/h1-5H;1H2,2-3H3;/q2*-1;+2. The van der Waals surface area contributed by atoms with Crippen LogP contribution in [0.2, 0.25) is 0 Å². The second-order valence-corrected chi connectivity index (χ2v) is 2.04. The molecule has 1 aromatic carbocycles. The van der Waals surface area contributed by atoms with Crippen molar-refractivity contribution in [1.29, 1.82) is 0 Å². The molecule has 0 heterocycles. The molecule has 0 fully saturated rings. The molecular weight excluding hydrogens is 165 g/mol. The van der Waals surface area contributed by atoms with E-state index < -0.39 is 0 Å². The Balaban J connectivity index is 0. The summed E-state index contributed by atoms with van der Waals surface area (Å²) in [5, 5.41) is 0. The molecule has 1 nitrogen and oxygen atoms in total. The van der Waals surface area contributed by atoms with Gasteiger partial charge in [-0.05, 0) is 14.1 Å². The molecule has 0 N–H and O–H groups in total. The molecule has 0 bridgehead atoms. The minimum Gasteiger partial charge on any atom is -0.464 e. The van der Waals surface area contributed by atoms with E-state index in [-0.39, 0.29) is 17.1 Å². The average Bonchev–Trinajstić information content (AvgIpc) is 2.11. The molecule has 0 unspecified atom stereocenters. The Morgan fingerprint density at radius 2 is 1.50 bits per heavy atom. The van der Waals surface area contributed by atoms with E-state index in [1.807, 2.05) is 44.4 Å². The molecule has 1 aromatic rings. The summed E-state index contributed by atoms with van der Waals surface area (Å²) < 4.78 is 0. The molecule has 2 heteroatoms. The first-order chi connectivity index (χ1) is 4.23. The van der Waals surface area contributed by atoms with Gasteiger partial charge >= 0.3 is 17.1 Å². The van der Waals surface area contributed by atoms with Crippen molar-refractivity contribution in [3.05, 3.63) is 37.4 Å². The van der Waals surface area contributed by atoms with E-state index in [1.54, 1.807) is 4.90 Å². The third-order valence-electron chi connectivity index (χ3n) is 0.556. The van der Waals surface area contributed by atoms with Crippen LogP contribution in [0.4, 0.5) is 0 Å². The van der Waals surface area contributed by atoms with Crippen LogP contribution in [0.25, 0.3) is 0 Å². The fraction of sp³-hybridized carbons (Fsp3) is 0.250. The van der Waals surface area contributed by atoms with Gasteiger partial charge in [-0.2, -0.15) is 18.2 Å². The van der Waals surface area contributed by atoms with Crippen LogP contribution in [0.3, 0.4) is 0 Å². The first-order valence-electron chi connectivity index (χ1n) is 2.88. The Bertz CT molecular complexity index is 92.8. The smallest absolute Gasteiger partial charge is 0.464 e. The molecular formula is C8H13MnN. The first-order valence-corrected chi connectivity index (χ1v) is 2.88. The van der Waals surface area contributed by atoms with Gasteiger partial charge in [-0.25, -0.2) is 12.1 Å². The minimum absolute atomic E-state index is 0. The average molecular weight is 178 g/mol. The molecule has 0 amide bonds. The number of nitrogens with zero attached hydrogens (tertiary/aromatic N) is 1. The molecule has 1 rings (SSSR count). The fourth-order valence-corrected chi connectivity index (χ4v) is 0.321. The third kappa shape index (κ3) is 15.7. The van der Waals surface area contributed by atoms with Crippen molar-refractivity contribution in [1.82, 2.24) is 4.90 Å². The monoisotopic (exact) mass is 178 g/mol. The van der Waals surface area contributed by atoms with E-state index in [0.717, 1.165) is 0 Å². The number of hydrogen-bond donors (Lipinski definition) is 0. The van der Waals surface area contributed by atoms with Crippen LogP contribution in [0, 0.1) is 7.05 Å². The van der Waals surface area contributed by atoms with Gasteiger partial charge in [-0.15, -0.1) is 0 Å². The van der Waals surface area contributed by atoms with Crippen LogP contribution >= 0.6 is 0 Å². The van der Waals surface area contributed by atoms with Crippen molar-refractivity contribution in [3.8, 4) is 0 Å². The van der Waals surface area contributed by atoms with Gasteiger partial charge in [0, 0.05) is 0 Å². The number of rotatable bonds is 0. The van der Waals surface area contributed by atoms with E-state index >= 15 is 0 Å². The van der Waals surface area contributed by atoms with Crippen molar-refractivity contribution in [3.63, 3.8) is 0 Å². The van der Waals surface area contributed by atoms with Gasteiger partial charge in [0.05, 0.1) is 0 Å². The van der Waals surface area contributed by atoms with Gasteiger partial charge in [0.2, 0.25) is 0 Å². The van der Waals surface area contributed by atoms with Crippen molar-refractivity contribution in [2.45, 2.75) is 0 Å². The van der Waals surface area contributed by atoms with E-state index in [4.69, 9.17) is 0 Å². The van der Waals surface area contributed by atoms with E-state index in [1.165, 1.54) is 0 Å². The van der Waals surface area contributed by atoms with Gasteiger partial charge in [0.1, 0.15) is 0 Å². The van der Waals surface area contributed by atoms with Crippen molar-refractivity contribution >= 4 is 0 Å². The summed E-state index contributed by atoms with van der Waals surface area (Å²) in [4.78, 5) is 1.75. The van der Waals surface area contributed by atoms with Crippen molar-refractivity contribution in [2.75, 3.05) is 14.1 Å². The molecule has 0 atom stereocenters. The summed E-state index contributed by atoms with van der Waals surface area (Å²) in [6.45, 7) is 0. The summed E-state index contributed by atoms with van der Waals surface area (Å²) in [5.74, 6) is 0. The number of hydrogen-bond acceptors (Lipinski definition) is 1. The predicted molar refractivity (Wildman–Crippen MR) is 41.1 cm³/mol. The van der Waals surface area contributed by atoms with Crippen LogP contribution < -0.4 is 0 Å². The molecule has 57 valence electrons. The maximum atomic E-state index is 3.47. The summed E-state index contributed by atoms with van der Waals surface area (Å²) >= 11 is 0. The zero-order valence-corrected chi connectivity index (χ0v) is 7.60. The second-order valence-electron chi connectivity index (χ2n) is 2.04. The summed E-state index contributed by atoms with van der Waals surface area (Å²) in [6.07, 6.45) is 0. The molecule has 0 aliphatic heterocycles. The maximum Gasteiger partial charge on any atom is 2.00 e. The van der Waals surface area contributed by atoms with E-state index in [9.17, 15) is 0 Å². The van der Waals surface area contributed by atoms with Gasteiger partial charge in [-0.1, -0.05) is 0 Å². The molecule has 0 spiro atoms. The topological polar surface area (TPSA) is 3.24 Å². The SMILES string of the molecule is [CH2-]N(C)C.[Mn+2].c1cc[cH-]c1. The van der Waals surface area contributed by atoms with Crippen LogP contribution in [0.1, 0.15) is 0 Å². The zero-order chi connectivity index (χ0) is 7.11. The van der Waals surface area contributed by atoms with Gasteiger partial charge in [-0.3, -0.25) is 7.05 Å². The molecule has 0 saturated carbocycles. The van der Waals surface area contributed by atoms with Crippen LogP contribution in [0.15, 0.2) is 30.3 Å². The first kappa shape index (κ1) is 12.5. The zero-order valence-electron chi connectivity index (χ0n) is 6.42. The normalized spacial score (nSPS) is 7.60. The Kier molecular flexibility index (Phi) is 11.0. The molecule has 0 aromatic heterocycles. The van der Waals surface area contributed by atoms with Crippen LogP contribution in [0.5, 0.6) is 0 Å². The Morgan fingerprint density at radius 1 is 1.20 bits per heavy atom. The quantitative estimate of drug-likeness (QED) is 0.432. The van der Waals surface area contributed by atoms with Crippen molar-refractivity contribution in [2.24, 2.45) is 0 Å². The predicted octanol–water partition coefficient (Wildman–Crippen LogP) is 1.74. The molecule has 10 heavy (non-hydrogen) atoms. The summed E-state index contributed by atoms with van der Waals surface area (Å²) in [5.41, 5.74) is 0. The third-order valence-corrected chi connectivity index (χ3v) is 0.556. The van der Waals surface area contributed by atoms with E-state index in [0.29, 0.717) is 0 Å². The minimum atomic E-state index is 0. The summed E-state index contributed by atoms with van der Waals surface area (Å²) in [6, 6.07) is 10.0. The van der Waals surface area contributed by atoms with Crippen LogP contribution in [-0.4, -0.2) is 19.0 Å². The van der Waals surface area contributed by atoms with Crippen molar-refractivity contribution < 1.29 is 17.1 Å². The fourth-order valence-electron chi connectivity index (χ4n) is 0.321. The Hall–Kier alpha value is -0.171. The summed E-state index contributed by atoms with van der Waals surface area (Å²) in [7, 11) is 7.25. The van der Waals surface area contributed by atoms with Crippen LogP contribution in [-0.2, 0) is 17.1 Å². The molecule has 1 radical (unpaired) electrons. The molecule has 0 aliphatic rings. The molecule has 0 saturated heterocycles. The largest absolute Gasteiger partial charge is 2.00 e. The van der Waals surface area contributed by atoms with Gasteiger partial charge in [0.25, 0.3) is 0 Å². The Labute approximate surface area is 73.9 Å². The molecule has 0 aliphatic carbocycles.